The van der Waals surface area contributed by atoms with E-state index in [-0.39, 0.29) is 5.75 Å². The van der Waals surface area contributed by atoms with Gasteiger partial charge in [0.05, 0.1) is 5.02 Å². The van der Waals surface area contributed by atoms with Crippen molar-refractivity contribution in [3.05, 3.63) is 28.3 Å². The Morgan fingerprint density at radius 1 is 1.31 bits per heavy atom. The molecule has 0 bridgehead atoms. The van der Waals surface area contributed by atoms with E-state index in [0.29, 0.717) is 10.6 Å². The lowest BCUT2D eigenvalue weighted by Gasteiger charge is -2.10. The molecule has 0 radical (unpaired) electrons. The van der Waals surface area contributed by atoms with Crippen LogP contribution in [0, 0.1) is 13.8 Å². The zero-order valence-electron chi connectivity index (χ0n) is 7.27. The molecule has 4 heteroatoms. The van der Waals surface area contributed by atoms with Gasteiger partial charge in [0.15, 0.2) is 0 Å². The number of benzene rings is 1. The molecule has 13 heavy (non-hydrogen) atoms. The van der Waals surface area contributed by atoms with Gasteiger partial charge in [-0.25, -0.2) is 0 Å². The highest BCUT2D eigenvalue weighted by Crippen LogP contribution is 2.29. The number of ether oxygens (including phenoxy) is 1. The van der Waals surface area contributed by atoms with E-state index in [1.807, 2.05) is 6.92 Å². The van der Waals surface area contributed by atoms with Crippen LogP contribution in [0.15, 0.2) is 12.1 Å². The maximum atomic E-state index is 11.9. The summed E-state index contributed by atoms with van der Waals surface area (Å²) in [5, 5.41) is 0.471. The van der Waals surface area contributed by atoms with Crippen LogP contribution in [0.1, 0.15) is 11.1 Å². The van der Waals surface area contributed by atoms with E-state index in [0.717, 1.165) is 5.56 Å². The van der Waals surface area contributed by atoms with E-state index in [1.165, 1.54) is 6.07 Å². The average molecular weight is 207 g/mol. The molecule has 0 saturated carbocycles. The average Bonchev–Trinajstić information content (AvgIpc) is 2.06. The lowest BCUT2D eigenvalue weighted by atomic mass is 10.1. The highest BCUT2D eigenvalue weighted by atomic mass is 35.5. The molecule has 72 valence electrons. The van der Waals surface area contributed by atoms with Crippen LogP contribution >= 0.6 is 11.6 Å². The molecule has 1 aromatic rings. The van der Waals surface area contributed by atoms with Crippen molar-refractivity contribution in [2.24, 2.45) is 0 Å². The van der Waals surface area contributed by atoms with Gasteiger partial charge in [-0.15, -0.1) is 0 Å². The van der Waals surface area contributed by atoms with Gasteiger partial charge in [0.1, 0.15) is 5.75 Å². The van der Waals surface area contributed by atoms with Gasteiger partial charge in [-0.3, -0.25) is 0 Å². The minimum Gasteiger partial charge on any atom is -0.435 e. The Morgan fingerprint density at radius 3 is 2.46 bits per heavy atom. The standard InChI is InChI=1S/C9H9ClF2O/c1-5-3-4-7(13-9(11)12)6(2)8(5)10/h3-4,9H,1-2H3. The molecule has 0 aliphatic heterocycles. The highest BCUT2D eigenvalue weighted by Gasteiger charge is 2.10. The monoisotopic (exact) mass is 206 g/mol. The summed E-state index contributed by atoms with van der Waals surface area (Å²) in [5.74, 6) is 0.130. The molecule has 0 heterocycles. The second-order valence-corrected chi connectivity index (χ2v) is 3.08. The third-order valence-corrected chi connectivity index (χ3v) is 2.33. The molecule has 0 saturated heterocycles. The molecule has 0 amide bonds. The number of hydrogen-bond acceptors (Lipinski definition) is 1. The summed E-state index contributed by atoms with van der Waals surface area (Å²) in [4.78, 5) is 0. The van der Waals surface area contributed by atoms with Gasteiger partial charge in [0.25, 0.3) is 0 Å². The first kappa shape index (κ1) is 10.3. The molecule has 0 unspecified atom stereocenters. The fraction of sp³-hybridized carbons (Fsp3) is 0.333. The lowest BCUT2D eigenvalue weighted by Crippen LogP contribution is -2.03. The summed E-state index contributed by atoms with van der Waals surface area (Å²) in [5.41, 5.74) is 1.39. The molecule has 0 aromatic heterocycles. The number of hydrogen-bond donors (Lipinski definition) is 0. The van der Waals surface area contributed by atoms with Crippen LogP contribution in [0.5, 0.6) is 5.75 Å². The summed E-state index contributed by atoms with van der Waals surface area (Å²) in [6, 6.07) is 3.13. The van der Waals surface area contributed by atoms with Crippen molar-refractivity contribution < 1.29 is 13.5 Å². The SMILES string of the molecule is Cc1ccc(OC(F)F)c(C)c1Cl. The first-order valence-corrected chi connectivity index (χ1v) is 4.10. The molecule has 1 rings (SSSR count). The Balaban J connectivity index is 3.04. The van der Waals surface area contributed by atoms with E-state index in [2.05, 4.69) is 4.74 Å². The van der Waals surface area contributed by atoms with Gasteiger partial charge in [0, 0.05) is 5.56 Å². The van der Waals surface area contributed by atoms with Crippen molar-refractivity contribution in [2.45, 2.75) is 20.5 Å². The van der Waals surface area contributed by atoms with Crippen molar-refractivity contribution >= 4 is 11.6 Å². The normalized spacial score (nSPS) is 10.6. The molecule has 1 nitrogen and oxygen atoms in total. The largest absolute Gasteiger partial charge is 0.435 e. The zero-order valence-corrected chi connectivity index (χ0v) is 8.03. The fourth-order valence-corrected chi connectivity index (χ4v) is 1.18. The van der Waals surface area contributed by atoms with E-state index < -0.39 is 6.61 Å². The van der Waals surface area contributed by atoms with E-state index in [9.17, 15) is 8.78 Å². The van der Waals surface area contributed by atoms with Crippen LogP contribution in [-0.2, 0) is 0 Å². The Labute approximate surface area is 80.3 Å². The Bertz CT molecular complexity index is 313. The van der Waals surface area contributed by atoms with Gasteiger partial charge < -0.3 is 4.74 Å². The lowest BCUT2D eigenvalue weighted by molar-refractivity contribution is -0.0502. The number of aryl methyl sites for hydroxylation is 1. The molecule has 1 aromatic carbocycles. The Hall–Kier alpha value is -0.830. The van der Waals surface area contributed by atoms with Crippen molar-refractivity contribution in [1.29, 1.82) is 0 Å². The topological polar surface area (TPSA) is 9.23 Å². The van der Waals surface area contributed by atoms with E-state index in [1.54, 1.807) is 13.0 Å². The minimum absolute atomic E-state index is 0.130. The van der Waals surface area contributed by atoms with Crippen molar-refractivity contribution in [3.63, 3.8) is 0 Å². The van der Waals surface area contributed by atoms with Crippen LogP contribution in [0.4, 0.5) is 8.78 Å². The molecule has 0 aliphatic rings. The summed E-state index contributed by atoms with van der Waals surface area (Å²) >= 11 is 5.84. The summed E-state index contributed by atoms with van der Waals surface area (Å²) in [7, 11) is 0. The third kappa shape index (κ3) is 2.31. The maximum absolute atomic E-state index is 11.9. The second kappa shape index (κ2) is 3.92. The van der Waals surface area contributed by atoms with Gasteiger partial charge in [0.2, 0.25) is 0 Å². The molecule has 0 aliphatic carbocycles. The molecular weight excluding hydrogens is 198 g/mol. The highest BCUT2D eigenvalue weighted by molar-refractivity contribution is 6.32. The van der Waals surface area contributed by atoms with Crippen molar-refractivity contribution in [3.8, 4) is 5.75 Å². The van der Waals surface area contributed by atoms with Crippen LogP contribution < -0.4 is 4.74 Å². The molecule has 0 N–H and O–H groups in total. The number of alkyl halides is 2. The van der Waals surface area contributed by atoms with Gasteiger partial charge in [-0.2, -0.15) is 8.78 Å². The van der Waals surface area contributed by atoms with Crippen LogP contribution in [0.2, 0.25) is 5.02 Å². The first-order chi connectivity index (χ1) is 6.02. The summed E-state index contributed by atoms with van der Waals surface area (Å²) in [6.07, 6.45) is 0. The number of halogens is 3. The van der Waals surface area contributed by atoms with E-state index >= 15 is 0 Å². The van der Waals surface area contributed by atoms with Crippen LogP contribution in [0.25, 0.3) is 0 Å². The third-order valence-electron chi connectivity index (χ3n) is 1.75. The predicted molar refractivity (Wildman–Crippen MR) is 47.6 cm³/mol. The Kier molecular flexibility index (Phi) is 3.09. The molecule has 0 fully saturated rings. The van der Waals surface area contributed by atoms with Gasteiger partial charge in [-0.1, -0.05) is 17.7 Å². The van der Waals surface area contributed by atoms with Crippen molar-refractivity contribution in [1.82, 2.24) is 0 Å². The second-order valence-electron chi connectivity index (χ2n) is 2.70. The molecular formula is C9H9ClF2O. The van der Waals surface area contributed by atoms with Gasteiger partial charge >= 0.3 is 6.61 Å². The summed E-state index contributed by atoms with van der Waals surface area (Å²) in [6.45, 7) is 0.645. The minimum atomic E-state index is -2.81. The zero-order chi connectivity index (χ0) is 10.0. The maximum Gasteiger partial charge on any atom is 0.387 e. The Morgan fingerprint density at radius 2 is 1.92 bits per heavy atom. The quantitative estimate of drug-likeness (QED) is 0.719. The number of rotatable bonds is 2. The van der Waals surface area contributed by atoms with E-state index in [4.69, 9.17) is 11.6 Å². The predicted octanol–water partition coefficient (Wildman–Crippen LogP) is 3.56. The fourth-order valence-electron chi connectivity index (χ4n) is 1.03. The van der Waals surface area contributed by atoms with Crippen LogP contribution in [-0.4, -0.2) is 6.61 Å². The first-order valence-electron chi connectivity index (χ1n) is 3.73. The summed E-state index contributed by atoms with van der Waals surface area (Å²) < 4.78 is 28.0. The molecule has 0 atom stereocenters. The smallest absolute Gasteiger partial charge is 0.387 e. The van der Waals surface area contributed by atoms with Gasteiger partial charge in [-0.05, 0) is 25.5 Å². The van der Waals surface area contributed by atoms with Crippen molar-refractivity contribution in [2.75, 3.05) is 0 Å². The molecule has 0 spiro atoms. The van der Waals surface area contributed by atoms with Crippen LogP contribution in [0.3, 0.4) is 0 Å².